The Balaban J connectivity index is 2.09. The molecule has 1 aliphatic rings. The van der Waals surface area contributed by atoms with Gasteiger partial charge in [-0.25, -0.2) is 13.8 Å². The van der Waals surface area contributed by atoms with Gasteiger partial charge in [-0.05, 0) is 30.7 Å². The molecule has 0 fully saturated rings. The Bertz CT molecular complexity index is 1100. The molecule has 1 aliphatic heterocycles. The number of thioether (sulfide) groups is 1. The van der Waals surface area contributed by atoms with Gasteiger partial charge in [0.25, 0.3) is 5.91 Å². The molecule has 2 aromatic carbocycles. The predicted octanol–water partition coefficient (Wildman–Crippen LogP) is 2.21. The Morgan fingerprint density at radius 2 is 2.09 bits per heavy atom. The summed E-state index contributed by atoms with van der Waals surface area (Å²) in [5.41, 5.74) is 6.16. The highest BCUT2D eigenvalue weighted by molar-refractivity contribution is 8.15. The van der Waals surface area contributed by atoms with Gasteiger partial charge in [0.05, 0.1) is 0 Å². The van der Waals surface area contributed by atoms with Gasteiger partial charge < -0.3 is 16.2 Å². The van der Waals surface area contributed by atoms with E-state index in [2.05, 4.69) is 15.4 Å². The maximum atomic E-state index is 14.5. The van der Waals surface area contributed by atoms with Crippen molar-refractivity contribution in [2.45, 2.75) is 24.3 Å². The number of hydrazone groups is 1. The van der Waals surface area contributed by atoms with Crippen molar-refractivity contribution in [3.8, 4) is 6.19 Å². The van der Waals surface area contributed by atoms with Gasteiger partial charge in [0.2, 0.25) is 12.2 Å². The number of nitrogens with zero attached hydrogens (tertiary/aromatic N) is 4. The molecule has 11 heteroatoms. The third-order valence-corrected chi connectivity index (χ3v) is 6.13. The lowest BCUT2D eigenvalue weighted by atomic mass is 10.0. The molecule has 2 atom stereocenters. The average Bonchev–Trinajstić information content (AvgIpc) is 3.16. The van der Waals surface area contributed by atoms with Crippen LogP contribution in [0.15, 0.2) is 58.6 Å². The van der Waals surface area contributed by atoms with E-state index >= 15 is 0 Å². The number of halogens is 2. The number of carbonyl (C=O) groups is 1. The lowest BCUT2D eigenvalue weighted by molar-refractivity contribution is -0.143. The second-order valence-corrected chi connectivity index (χ2v) is 8.15. The molecule has 0 bridgehead atoms. The number of amides is 1. The van der Waals surface area contributed by atoms with Crippen molar-refractivity contribution in [2.24, 2.45) is 15.8 Å². The van der Waals surface area contributed by atoms with Crippen molar-refractivity contribution in [1.29, 1.82) is 5.26 Å². The van der Waals surface area contributed by atoms with E-state index in [4.69, 9.17) is 11.0 Å². The summed E-state index contributed by atoms with van der Waals surface area (Å²) in [4.78, 5) is 15.1. The number of nitrogens with one attached hydrogen (secondary N) is 1. The van der Waals surface area contributed by atoms with Gasteiger partial charge in [0.1, 0.15) is 27.7 Å². The Hall–Kier alpha value is -3.49. The van der Waals surface area contributed by atoms with E-state index in [1.165, 1.54) is 6.92 Å². The number of guanidine groups is 1. The first-order valence-electron chi connectivity index (χ1n) is 9.55. The predicted molar refractivity (Wildman–Crippen MR) is 117 cm³/mol. The first-order valence-corrected chi connectivity index (χ1v) is 10.4. The molecule has 1 amide bonds. The first kappa shape index (κ1) is 23.2. The number of rotatable bonds is 6. The van der Waals surface area contributed by atoms with Gasteiger partial charge in [-0.3, -0.25) is 4.79 Å². The summed E-state index contributed by atoms with van der Waals surface area (Å²) in [6.45, 7) is 1.46. The quantitative estimate of drug-likeness (QED) is 0.346. The highest BCUT2D eigenvalue weighted by Crippen LogP contribution is 2.50. The smallest absolute Gasteiger partial charge is 0.272 e. The fourth-order valence-corrected chi connectivity index (χ4v) is 4.59. The number of nitriles is 1. The van der Waals surface area contributed by atoms with E-state index in [9.17, 15) is 18.7 Å². The summed E-state index contributed by atoms with van der Waals surface area (Å²) in [6, 6.07) is 11.8. The van der Waals surface area contributed by atoms with Crippen molar-refractivity contribution < 1.29 is 18.7 Å². The van der Waals surface area contributed by atoms with Crippen LogP contribution in [0.2, 0.25) is 0 Å². The fraction of sp³-hybridized carbons (Fsp3) is 0.238. The molecular formula is C21H20F2N6O2S. The number of benzene rings is 2. The van der Waals surface area contributed by atoms with Crippen molar-refractivity contribution in [3.63, 3.8) is 0 Å². The normalized spacial score (nSPS) is 19.3. The molecule has 2 aromatic rings. The summed E-state index contributed by atoms with van der Waals surface area (Å²) in [5, 5.41) is 26.9. The zero-order valence-corrected chi connectivity index (χ0v) is 17.8. The van der Waals surface area contributed by atoms with Gasteiger partial charge in [-0.2, -0.15) is 10.4 Å². The third kappa shape index (κ3) is 4.71. The number of aliphatic hydroxyl groups is 1. The summed E-state index contributed by atoms with van der Waals surface area (Å²) in [6.07, 6.45) is 0.362. The van der Waals surface area contributed by atoms with E-state index in [0.29, 0.717) is 5.56 Å². The van der Waals surface area contributed by atoms with Gasteiger partial charge in [-0.1, -0.05) is 42.1 Å². The lowest BCUT2D eigenvalue weighted by Gasteiger charge is -2.36. The molecule has 166 valence electrons. The summed E-state index contributed by atoms with van der Waals surface area (Å²) >= 11 is 1.06. The van der Waals surface area contributed by atoms with Crippen LogP contribution in [-0.2, 0) is 9.67 Å². The molecule has 0 aromatic heterocycles. The molecule has 1 heterocycles. The summed E-state index contributed by atoms with van der Waals surface area (Å²) < 4.78 is 28.4. The number of hydrogen-bond donors (Lipinski definition) is 3. The van der Waals surface area contributed by atoms with E-state index < -0.39 is 28.5 Å². The number of nitrogens with two attached hydrogens (primary N) is 1. The van der Waals surface area contributed by atoms with Crippen LogP contribution >= 0.6 is 11.8 Å². The zero-order valence-electron chi connectivity index (χ0n) is 17.0. The molecule has 2 unspecified atom stereocenters. The zero-order chi connectivity index (χ0) is 23.3. The molecule has 0 radical (unpaired) electrons. The molecule has 0 aliphatic carbocycles. The second-order valence-electron chi connectivity index (χ2n) is 6.88. The number of carbonyl (C=O) groups excluding carboxylic acids is 1. The van der Waals surface area contributed by atoms with E-state index in [-0.39, 0.29) is 29.5 Å². The first-order chi connectivity index (χ1) is 15.3. The van der Waals surface area contributed by atoms with Crippen LogP contribution < -0.4 is 11.1 Å². The molecule has 0 saturated carbocycles. The summed E-state index contributed by atoms with van der Waals surface area (Å²) in [5.74, 6) is -2.18. The Kier molecular flexibility index (Phi) is 7.07. The van der Waals surface area contributed by atoms with Crippen LogP contribution in [0, 0.1) is 23.1 Å². The summed E-state index contributed by atoms with van der Waals surface area (Å²) in [7, 11) is 0. The molecule has 0 spiro atoms. The van der Waals surface area contributed by atoms with Crippen LogP contribution in [-0.4, -0.2) is 39.7 Å². The Labute approximate surface area is 187 Å². The Morgan fingerprint density at radius 3 is 2.75 bits per heavy atom. The molecule has 3 rings (SSSR count). The molecular weight excluding hydrogens is 438 g/mol. The average molecular weight is 458 g/mol. The van der Waals surface area contributed by atoms with E-state index in [1.807, 2.05) is 0 Å². The molecule has 8 nitrogen and oxygen atoms in total. The highest BCUT2D eigenvalue weighted by Gasteiger charge is 2.49. The van der Waals surface area contributed by atoms with Crippen LogP contribution in [0.3, 0.4) is 0 Å². The molecule has 4 N–H and O–H groups in total. The van der Waals surface area contributed by atoms with Crippen molar-refractivity contribution in [2.75, 3.05) is 6.54 Å². The van der Waals surface area contributed by atoms with E-state index in [0.717, 1.165) is 35.0 Å². The van der Waals surface area contributed by atoms with E-state index in [1.54, 1.807) is 36.5 Å². The third-order valence-electron chi connectivity index (χ3n) is 4.69. The monoisotopic (exact) mass is 458 g/mol. The van der Waals surface area contributed by atoms with Gasteiger partial charge in [0, 0.05) is 18.5 Å². The van der Waals surface area contributed by atoms with Crippen molar-refractivity contribution in [1.82, 2.24) is 10.3 Å². The minimum atomic E-state index is -1.39. The van der Waals surface area contributed by atoms with Crippen molar-refractivity contribution >= 4 is 28.7 Å². The van der Waals surface area contributed by atoms with Crippen molar-refractivity contribution in [3.05, 3.63) is 71.3 Å². The van der Waals surface area contributed by atoms with Crippen LogP contribution in [0.25, 0.3) is 0 Å². The minimum Gasteiger partial charge on any atom is -0.383 e. The highest BCUT2D eigenvalue weighted by atomic mass is 32.2. The molecule has 32 heavy (non-hydrogen) atoms. The van der Waals surface area contributed by atoms with Gasteiger partial charge in [-0.15, -0.1) is 4.99 Å². The number of aliphatic imine (C=N–C) groups is 1. The van der Waals surface area contributed by atoms with Crippen LogP contribution in [0.5, 0.6) is 0 Å². The number of aliphatic hydroxyl groups excluding tert-OH is 1. The second kappa shape index (κ2) is 9.76. The van der Waals surface area contributed by atoms with Gasteiger partial charge >= 0.3 is 0 Å². The largest absolute Gasteiger partial charge is 0.383 e. The fourth-order valence-electron chi connectivity index (χ4n) is 3.20. The lowest BCUT2D eigenvalue weighted by Crippen LogP contribution is -2.47. The minimum absolute atomic E-state index is 0.0820. The SMILES string of the molecule is CC(O)C(=O)N1N=C(c2cc(F)ccc2F)SC1(CCNC(N)=NC#N)c1ccccc1. The maximum absolute atomic E-state index is 14.5. The number of hydrogen-bond acceptors (Lipinski definition) is 6. The molecule has 0 saturated heterocycles. The van der Waals surface area contributed by atoms with Gasteiger partial charge in [0.15, 0.2) is 0 Å². The maximum Gasteiger partial charge on any atom is 0.272 e. The standard InChI is InChI=1S/C21H20F2N6O2S/c1-13(30)19(31)29-21(14-5-3-2-4-6-14,9-10-26-20(25)27-12-24)32-18(28-29)16-11-15(22)7-8-17(16)23/h2-8,11,13,30H,9-10H2,1H3,(H3,25,26,27). The van der Waals surface area contributed by atoms with Crippen LogP contribution in [0.1, 0.15) is 24.5 Å². The Morgan fingerprint density at radius 1 is 1.38 bits per heavy atom. The van der Waals surface area contributed by atoms with Crippen LogP contribution in [0.4, 0.5) is 8.78 Å². The topological polar surface area (TPSA) is 127 Å².